The smallest absolute Gasteiger partial charge is 0.246 e. The molecule has 1 atom stereocenters. The monoisotopic (exact) mass is 360 g/mol. The number of anilines is 2. The van der Waals surface area contributed by atoms with E-state index < -0.39 is 11.5 Å². The fourth-order valence-electron chi connectivity index (χ4n) is 2.88. The fraction of sp³-hybridized carbons (Fsp3) is 0.600. The van der Waals surface area contributed by atoms with E-state index in [4.69, 9.17) is 0 Å². The van der Waals surface area contributed by atoms with Gasteiger partial charge in [-0.05, 0) is 25.6 Å². The van der Waals surface area contributed by atoms with Crippen LogP contribution in [0.3, 0.4) is 0 Å². The van der Waals surface area contributed by atoms with Gasteiger partial charge in [0.1, 0.15) is 6.04 Å². The Kier molecular flexibility index (Phi) is 6.64. The normalized spacial score (nSPS) is 16.9. The molecule has 0 bridgehead atoms. The lowest BCUT2D eigenvalue weighted by Gasteiger charge is -2.36. The molecule has 144 valence electrons. The largest absolute Gasteiger partial charge is 0.367 e. The van der Waals surface area contributed by atoms with Crippen LogP contribution in [-0.2, 0) is 9.59 Å². The molecule has 0 aliphatic carbocycles. The van der Waals surface area contributed by atoms with Crippen molar-refractivity contribution in [1.29, 1.82) is 0 Å². The van der Waals surface area contributed by atoms with Gasteiger partial charge in [-0.15, -0.1) is 0 Å². The van der Waals surface area contributed by atoms with Gasteiger partial charge in [-0.3, -0.25) is 9.59 Å². The first-order chi connectivity index (χ1) is 12.2. The quantitative estimate of drug-likeness (QED) is 0.846. The van der Waals surface area contributed by atoms with Crippen molar-refractivity contribution >= 4 is 23.2 Å². The number of hydrogen-bond donors (Lipinski definition) is 2. The second-order valence-electron chi connectivity index (χ2n) is 7.87. The molecule has 2 N–H and O–H groups in total. The van der Waals surface area contributed by atoms with Crippen LogP contribution in [0.2, 0.25) is 0 Å². The van der Waals surface area contributed by atoms with Gasteiger partial charge in [0.25, 0.3) is 0 Å². The summed E-state index contributed by atoms with van der Waals surface area (Å²) in [6, 6.07) is 7.27. The molecule has 1 aromatic carbocycles. The highest BCUT2D eigenvalue weighted by molar-refractivity contribution is 5.99. The van der Waals surface area contributed by atoms with E-state index in [1.807, 2.05) is 45.0 Å². The first-order valence-electron chi connectivity index (χ1n) is 9.40. The molecule has 6 nitrogen and oxygen atoms in total. The van der Waals surface area contributed by atoms with Crippen molar-refractivity contribution in [1.82, 2.24) is 10.2 Å². The SMILES string of the molecule is CCN1CCN(c2ccccc2NC(=O)C(C)NC(=O)C(C)(C)C)CC1. The number of nitrogens with one attached hydrogen (secondary N) is 2. The summed E-state index contributed by atoms with van der Waals surface area (Å²) >= 11 is 0. The lowest BCUT2D eigenvalue weighted by molar-refractivity contribution is -0.131. The van der Waals surface area contributed by atoms with Crippen LogP contribution >= 0.6 is 0 Å². The number of nitrogens with zero attached hydrogens (tertiary/aromatic N) is 2. The number of carbonyl (C=O) groups is 2. The van der Waals surface area contributed by atoms with E-state index in [0.29, 0.717) is 0 Å². The van der Waals surface area contributed by atoms with Crippen LogP contribution in [0, 0.1) is 5.41 Å². The first kappa shape index (κ1) is 20.2. The summed E-state index contributed by atoms with van der Waals surface area (Å²) in [6.07, 6.45) is 0. The number of likely N-dealkylation sites (N-methyl/N-ethyl adjacent to an activating group) is 1. The summed E-state index contributed by atoms with van der Waals surface area (Å²) in [6.45, 7) is 14.4. The summed E-state index contributed by atoms with van der Waals surface area (Å²) in [4.78, 5) is 29.4. The molecule has 0 radical (unpaired) electrons. The molecular weight excluding hydrogens is 328 g/mol. The average molecular weight is 361 g/mol. The van der Waals surface area contributed by atoms with Crippen molar-refractivity contribution in [2.45, 2.75) is 40.7 Å². The van der Waals surface area contributed by atoms with Crippen LogP contribution in [-0.4, -0.2) is 55.5 Å². The third-order valence-electron chi connectivity index (χ3n) is 4.74. The van der Waals surface area contributed by atoms with Crippen molar-refractivity contribution in [3.8, 4) is 0 Å². The van der Waals surface area contributed by atoms with Gasteiger partial charge < -0.3 is 20.4 Å². The van der Waals surface area contributed by atoms with Crippen LogP contribution < -0.4 is 15.5 Å². The van der Waals surface area contributed by atoms with Crippen LogP contribution in [0.25, 0.3) is 0 Å². The minimum absolute atomic E-state index is 0.135. The summed E-state index contributed by atoms with van der Waals surface area (Å²) in [5.74, 6) is -0.341. The number of hydrogen-bond acceptors (Lipinski definition) is 4. The molecule has 6 heteroatoms. The number of carbonyl (C=O) groups excluding carboxylic acids is 2. The predicted octanol–water partition coefficient (Wildman–Crippen LogP) is 2.32. The molecule has 1 aliphatic rings. The van der Waals surface area contributed by atoms with Gasteiger partial charge in [0.05, 0.1) is 11.4 Å². The summed E-state index contributed by atoms with van der Waals surface area (Å²) in [7, 11) is 0. The third-order valence-corrected chi connectivity index (χ3v) is 4.74. The van der Waals surface area contributed by atoms with Crippen molar-refractivity contribution in [3.05, 3.63) is 24.3 Å². The second-order valence-corrected chi connectivity index (χ2v) is 7.87. The first-order valence-corrected chi connectivity index (χ1v) is 9.40. The highest BCUT2D eigenvalue weighted by Crippen LogP contribution is 2.26. The maximum atomic E-state index is 12.6. The number of para-hydroxylation sites is 2. The van der Waals surface area contributed by atoms with Crippen molar-refractivity contribution in [2.75, 3.05) is 42.9 Å². The van der Waals surface area contributed by atoms with Crippen LogP contribution in [0.4, 0.5) is 11.4 Å². The molecule has 1 saturated heterocycles. The molecule has 0 saturated carbocycles. The molecule has 1 unspecified atom stereocenters. The van der Waals surface area contributed by atoms with E-state index in [1.54, 1.807) is 6.92 Å². The average Bonchev–Trinajstić information content (AvgIpc) is 2.61. The van der Waals surface area contributed by atoms with E-state index in [-0.39, 0.29) is 11.8 Å². The summed E-state index contributed by atoms with van der Waals surface area (Å²) < 4.78 is 0. The summed E-state index contributed by atoms with van der Waals surface area (Å²) in [5.41, 5.74) is 1.30. The minimum atomic E-state index is -0.591. The highest BCUT2D eigenvalue weighted by atomic mass is 16.2. The third kappa shape index (κ3) is 5.21. The molecule has 1 aliphatic heterocycles. The van der Waals surface area contributed by atoms with Crippen LogP contribution in [0.15, 0.2) is 24.3 Å². The van der Waals surface area contributed by atoms with E-state index in [1.165, 1.54) is 0 Å². The molecular formula is C20H32N4O2. The van der Waals surface area contributed by atoms with Crippen LogP contribution in [0.1, 0.15) is 34.6 Å². The Labute approximate surface area is 156 Å². The van der Waals surface area contributed by atoms with E-state index in [2.05, 4.69) is 27.4 Å². The van der Waals surface area contributed by atoms with Gasteiger partial charge >= 0.3 is 0 Å². The van der Waals surface area contributed by atoms with Crippen molar-refractivity contribution < 1.29 is 9.59 Å². The number of rotatable bonds is 5. The molecule has 1 aromatic rings. The van der Waals surface area contributed by atoms with Gasteiger partial charge in [0, 0.05) is 31.6 Å². The zero-order valence-corrected chi connectivity index (χ0v) is 16.6. The lowest BCUT2D eigenvalue weighted by Crippen LogP contribution is -2.47. The molecule has 26 heavy (non-hydrogen) atoms. The fourth-order valence-corrected chi connectivity index (χ4v) is 2.88. The number of amides is 2. The molecule has 1 heterocycles. The molecule has 2 rings (SSSR count). The van der Waals surface area contributed by atoms with Gasteiger partial charge in [-0.25, -0.2) is 0 Å². The van der Waals surface area contributed by atoms with E-state index in [9.17, 15) is 9.59 Å². The second kappa shape index (κ2) is 8.54. The van der Waals surface area contributed by atoms with Gasteiger partial charge in [0.2, 0.25) is 11.8 Å². The Morgan fingerprint density at radius 2 is 1.73 bits per heavy atom. The van der Waals surface area contributed by atoms with Crippen molar-refractivity contribution in [2.24, 2.45) is 5.41 Å². The maximum absolute atomic E-state index is 12.6. The van der Waals surface area contributed by atoms with Crippen molar-refractivity contribution in [3.63, 3.8) is 0 Å². The molecule has 0 spiro atoms. The Hall–Kier alpha value is -2.08. The Morgan fingerprint density at radius 1 is 1.12 bits per heavy atom. The van der Waals surface area contributed by atoms with Gasteiger partial charge in [-0.2, -0.15) is 0 Å². The Balaban J connectivity index is 2.03. The van der Waals surface area contributed by atoms with E-state index >= 15 is 0 Å². The number of benzene rings is 1. The predicted molar refractivity (Wildman–Crippen MR) is 106 cm³/mol. The Morgan fingerprint density at radius 3 is 2.31 bits per heavy atom. The maximum Gasteiger partial charge on any atom is 0.246 e. The van der Waals surface area contributed by atoms with Gasteiger partial charge in [0.15, 0.2) is 0 Å². The minimum Gasteiger partial charge on any atom is -0.367 e. The molecule has 1 fully saturated rings. The number of piperazine rings is 1. The standard InChI is InChI=1S/C20H32N4O2/c1-6-23-11-13-24(14-12-23)17-10-8-7-9-16(17)22-18(25)15(2)21-19(26)20(3,4)5/h7-10,15H,6,11-14H2,1-5H3,(H,21,26)(H,22,25). The Bertz CT molecular complexity index is 631. The zero-order valence-electron chi connectivity index (χ0n) is 16.6. The summed E-state index contributed by atoms with van der Waals surface area (Å²) in [5, 5.41) is 5.76. The van der Waals surface area contributed by atoms with E-state index in [0.717, 1.165) is 44.1 Å². The molecule has 2 amide bonds. The van der Waals surface area contributed by atoms with Crippen LogP contribution in [0.5, 0.6) is 0 Å². The highest BCUT2D eigenvalue weighted by Gasteiger charge is 2.26. The molecule has 0 aromatic heterocycles. The lowest BCUT2D eigenvalue weighted by atomic mass is 9.95. The van der Waals surface area contributed by atoms with Gasteiger partial charge in [-0.1, -0.05) is 39.8 Å². The topological polar surface area (TPSA) is 64.7 Å². The zero-order chi connectivity index (χ0) is 19.3.